The van der Waals surface area contributed by atoms with E-state index >= 15 is 0 Å². The van der Waals surface area contributed by atoms with Gasteiger partial charge in [-0.25, -0.2) is 14.4 Å². The molecule has 0 aliphatic carbocycles. The summed E-state index contributed by atoms with van der Waals surface area (Å²) in [5, 5.41) is 5.43. The number of carbonyl (C=O) groups excluding carboxylic acids is 4. The maximum Gasteiger partial charge on any atom is 0.407 e. The highest BCUT2D eigenvalue weighted by molar-refractivity contribution is 5.98. The molecule has 0 aromatic heterocycles. The molecule has 2 N–H and O–H groups in total. The predicted molar refractivity (Wildman–Crippen MR) is 163 cm³/mol. The van der Waals surface area contributed by atoms with E-state index in [1.54, 1.807) is 54.6 Å². The van der Waals surface area contributed by atoms with Crippen LogP contribution in [0.5, 0.6) is 0 Å². The molecule has 4 aromatic carbocycles. The first-order chi connectivity index (χ1) is 21.5. The van der Waals surface area contributed by atoms with Crippen molar-refractivity contribution in [3.63, 3.8) is 0 Å². The van der Waals surface area contributed by atoms with E-state index < -0.39 is 30.0 Å². The fourth-order valence-corrected chi connectivity index (χ4v) is 4.25. The zero-order valence-electron chi connectivity index (χ0n) is 24.1. The van der Waals surface area contributed by atoms with Crippen LogP contribution in [0.3, 0.4) is 0 Å². The molecule has 9 heteroatoms. The van der Waals surface area contributed by atoms with E-state index in [9.17, 15) is 19.2 Å². The van der Waals surface area contributed by atoms with E-state index in [2.05, 4.69) is 10.6 Å². The molecular formula is C35H34N2O7. The molecule has 0 saturated carbocycles. The second-order valence-corrected chi connectivity index (χ2v) is 9.85. The number of hydrogen-bond donors (Lipinski definition) is 2. The summed E-state index contributed by atoms with van der Waals surface area (Å²) in [4.78, 5) is 51.1. The molecule has 44 heavy (non-hydrogen) atoms. The number of hydrogen-bond acceptors (Lipinski definition) is 7. The lowest BCUT2D eigenvalue weighted by Crippen LogP contribution is -2.42. The van der Waals surface area contributed by atoms with Crippen LogP contribution in [0.25, 0.3) is 0 Å². The van der Waals surface area contributed by atoms with Crippen molar-refractivity contribution >= 4 is 23.9 Å². The Kier molecular flexibility index (Phi) is 12.1. The Morgan fingerprint density at radius 3 is 1.84 bits per heavy atom. The molecule has 4 rings (SSSR count). The zero-order chi connectivity index (χ0) is 31.0. The molecule has 0 heterocycles. The molecule has 226 valence electrons. The monoisotopic (exact) mass is 594 g/mol. The van der Waals surface area contributed by atoms with E-state index in [1.165, 1.54) is 0 Å². The van der Waals surface area contributed by atoms with E-state index in [-0.39, 0.29) is 38.3 Å². The van der Waals surface area contributed by atoms with Crippen LogP contribution in [-0.4, -0.2) is 36.5 Å². The first kappa shape index (κ1) is 31.5. The van der Waals surface area contributed by atoms with Crippen LogP contribution in [0.4, 0.5) is 4.79 Å². The Bertz CT molecular complexity index is 1510. The van der Waals surface area contributed by atoms with Gasteiger partial charge in [0.25, 0.3) is 5.91 Å². The van der Waals surface area contributed by atoms with Crippen molar-refractivity contribution < 1.29 is 33.4 Å². The average molecular weight is 595 g/mol. The summed E-state index contributed by atoms with van der Waals surface area (Å²) >= 11 is 0. The standard InChI is InChI=1S/C35H34N2O7/c38-32(30-20-11-10-19-29(30)25-43-33(39)28-17-8-3-9-18-28)37-31(34(40)42-23-26-13-4-1-5-14-26)21-12-22-36-35(41)44-24-27-15-6-2-7-16-27/h1-11,13-20,31H,12,21-25H2,(H,36,41)(H,37,38). The molecule has 0 aliphatic rings. The fraction of sp³-hybridized carbons (Fsp3) is 0.200. The second kappa shape index (κ2) is 16.9. The lowest BCUT2D eigenvalue weighted by molar-refractivity contribution is -0.147. The summed E-state index contributed by atoms with van der Waals surface area (Å²) in [6.45, 7) is 0.271. The molecule has 0 saturated heterocycles. The van der Waals surface area contributed by atoms with Crippen molar-refractivity contribution in [1.82, 2.24) is 10.6 Å². The van der Waals surface area contributed by atoms with Gasteiger partial charge in [-0.2, -0.15) is 0 Å². The number of nitrogens with one attached hydrogen (secondary N) is 2. The van der Waals surface area contributed by atoms with Gasteiger partial charge in [-0.05, 0) is 42.2 Å². The second-order valence-electron chi connectivity index (χ2n) is 9.85. The van der Waals surface area contributed by atoms with Crippen molar-refractivity contribution in [2.75, 3.05) is 6.54 Å². The van der Waals surface area contributed by atoms with Crippen molar-refractivity contribution in [2.45, 2.75) is 38.7 Å². The Hall–Kier alpha value is -5.44. The van der Waals surface area contributed by atoms with Gasteiger partial charge < -0.3 is 24.8 Å². The summed E-state index contributed by atoms with van der Waals surface area (Å²) < 4.78 is 16.2. The number of rotatable bonds is 14. The Labute approximate surface area is 256 Å². The van der Waals surface area contributed by atoms with Gasteiger partial charge in [-0.15, -0.1) is 0 Å². The maximum atomic E-state index is 13.4. The quantitative estimate of drug-likeness (QED) is 0.111. The highest BCUT2D eigenvalue weighted by atomic mass is 16.5. The number of carbonyl (C=O) groups is 4. The van der Waals surface area contributed by atoms with Gasteiger partial charge in [0.05, 0.1) is 5.56 Å². The third-order valence-corrected chi connectivity index (χ3v) is 6.60. The first-order valence-corrected chi connectivity index (χ1v) is 14.3. The highest BCUT2D eigenvalue weighted by Gasteiger charge is 2.24. The SMILES string of the molecule is O=C(NCCCC(NC(=O)c1ccccc1COC(=O)c1ccccc1)C(=O)OCc1ccccc1)OCc1ccccc1. The van der Waals surface area contributed by atoms with Crippen molar-refractivity contribution in [1.29, 1.82) is 0 Å². The van der Waals surface area contributed by atoms with Gasteiger partial charge in [0.1, 0.15) is 25.9 Å². The first-order valence-electron chi connectivity index (χ1n) is 14.3. The zero-order valence-corrected chi connectivity index (χ0v) is 24.1. The van der Waals surface area contributed by atoms with Crippen LogP contribution in [0.1, 0.15) is 50.2 Å². The van der Waals surface area contributed by atoms with Crippen LogP contribution >= 0.6 is 0 Å². The third kappa shape index (κ3) is 10.1. The minimum Gasteiger partial charge on any atom is -0.459 e. The van der Waals surface area contributed by atoms with Gasteiger partial charge in [-0.3, -0.25) is 4.79 Å². The van der Waals surface area contributed by atoms with Gasteiger partial charge in [0, 0.05) is 17.7 Å². The topological polar surface area (TPSA) is 120 Å². The molecular weight excluding hydrogens is 560 g/mol. The molecule has 0 bridgehead atoms. The average Bonchev–Trinajstić information content (AvgIpc) is 3.07. The normalized spacial score (nSPS) is 11.1. The highest BCUT2D eigenvalue weighted by Crippen LogP contribution is 2.14. The molecule has 1 unspecified atom stereocenters. The number of alkyl carbamates (subject to hydrolysis) is 1. The molecule has 9 nitrogen and oxygen atoms in total. The Balaban J connectivity index is 1.35. The van der Waals surface area contributed by atoms with Crippen LogP contribution < -0.4 is 10.6 Å². The largest absolute Gasteiger partial charge is 0.459 e. The number of benzene rings is 4. The van der Waals surface area contributed by atoms with Crippen LogP contribution in [0, 0.1) is 0 Å². The van der Waals surface area contributed by atoms with E-state index in [1.807, 2.05) is 60.7 Å². The van der Waals surface area contributed by atoms with Gasteiger partial charge in [-0.1, -0.05) is 97.1 Å². The van der Waals surface area contributed by atoms with Crippen LogP contribution in [0.15, 0.2) is 115 Å². The molecule has 0 aliphatic heterocycles. The van der Waals surface area contributed by atoms with Crippen LogP contribution in [-0.2, 0) is 38.8 Å². The summed E-state index contributed by atoms with van der Waals surface area (Å²) in [7, 11) is 0. The van der Waals surface area contributed by atoms with Crippen molar-refractivity contribution in [3.05, 3.63) is 143 Å². The minimum absolute atomic E-state index is 0.0438. The lowest BCUT2D eigenvalue weighted by Gasteiger charge is -2.19. The van der Waals surface area contributed by atoms with E-state index in [0.717, 1.165) is 11.1 Å². The summed E-state index contributed by atoms with van der Waals surface area (Å²) in [5.41, 5.74) is 2.81. The maximum absolute atomic E-state index is 13.4. The van der Waals surface area contributed by atoms with E-state index in [0.29, 0.717) is 17.5 Å². The van der Waals surface area contributed by atoms with Gasteiger partial charge >= 0.3 is 18.0 Å². The number of amides is 2. The van der Waals surface area contributed by atoms with Gasteiger partial charge in [0.2, 0.25) is 0 Å². The molecule has 0 spiro atoms. The molecule has 4 aromatic rings. The van der Waals surface area contributed by atoms with Crippen molar-refractivity contribution in [2.24, 2.45) is 0 Å². The molecule has 0 radical (unpaired) electrons. The minimum atomic E-state index is -0.992. The van der Waals surface area contributed by atoms with Crippen LogP contribution in [0.2, 0.25) is 0 Å². The molecule has 2 amide bonds. The third-order valence-electron chi connectivity index (χ3n) is 6.60. The fourth-order valence-electron chi connectivity index (χ4n) is 4.25. The summed E-state index contributed by atoms with van der Waals surface area (Å²) in [6, 6.07) is 32.8. The van der Waals surface area contributed by atoms with Gasteiger partial charge in [0.15, 0.2) is 0 Å². The smallest absolute Gasteiger partial charge is 0.407 e. The number of esters is 2. The van der Waals surface area contributed by atoms with Crippen molar-refractivity contribution in [3.8, 4) is 0 Å². The summed E-state index contributed by atoms with van der Waals surface area (Å²) in [6.07, 6.45) is -0.0221. The Morgan fingerprint density at radius 2 is 1.18 bits per heavy atom. The Morgan fingerprint density at radius 1 is 0.614 bits per heavy atom. The lowest BCUT2D eigenvalue weighted by atomic mass is 10.1. The number of ether oxygens (including phenoxy) is 3. The van der Waals surface area contributed by atoms with E-state index in [4.69, 9.17) is 14.2 Å². The molecule has 0 fully saturated rings. The predicted octanol–water partition coefficient (Wildman–Crippen LogP) is 5.59. The molecule has 1 atom stereocenters. The summed E-state index contributed by atoms with van der Waals surface area (Å²) in [5.74, 6) is -1.65.